The highest BCUT2D eigenvalue weighted by Gasteiger charge is 2.38. The maximum Gasteiger partial charge on any atom is 0.227 e. The lowest BCUT2D eigenvalue weighted by Gasteiger charge is -2.18. The summed E-state index contributed by atoms with van der Waals surface area (Å²) in [7, 11) is 0. The second-order valence-electron chi connectivity index (χ2n) is 5.35. The quantitative estimate of drug-likeness (QED) is 0.895. The molecule has 19 heavy (non-hydrogen) atoms. The normalized spacial score (nSPS) is 25.7. The Labute approximate surface area is 116 Å². The van der Waals surface area contributed by atoms with Crippen LogP contribution in [0, 0.1) is 17.7 Å². The highest BCUT2D eigenvalue weighted by molar-refractivity contribution is 6.31. The van der Waals surface area contributed by atoms with Crippen molar-refractivity contribution in [3.63, 3.8) is 0 Å². The Kier molecular flexibility index (Phi) is 3.46. The van der Waals surface area contributed by atoms with Crippen molar-refractivity contribution in [2.45, 2.75) is 6.42 Å². The topological polar surface area (TPSA) is 32.3 Å². The van der Waals surface area contributed by atoms with Crippen LogP contribution in [0.5, 0.6) is 0 Å². The molecule has 2 fully saturated rings. The van der Waals surface area contributed by atoms with Crippen LogP contribution in [0.25, 0.3) is 0 Å². The molecule has 0 saturated carbocycles. The van der Waals surface area contributed by atoms with E-state index in [9.17, 15) is 9.18 Å². The summed E-state index contributed by atoms with van der Waals surface area (Å²) in [6.45, 7) is 3.52. The molecule has 1 N–H and O–H groups in total. The summed E-state index contributed by atoms with van der Waals surface area (Å²) in [5.74, 6) is 0.684. The highest BCUT2D eigenvalue weighted by atomic mass is 35.5. The standard InChI is InChI=1S/C14H16ClFN2O/c15-12-2-1-3-13(16)11(12)4-14(19)18-7-9-5-17-6-10(9)8-18/h1-3,9-10,17H,4-8H2/t9-,10+. The number of halogens is 2. The Morgan fingerprint density at radius 3 is 2.68 bits per heavy atom. The average molecular weight is 283 g/mol. The fourth-order valence-electron chi connectivity index (χ4n) is 3.02. The number of amides is 1. The van der Waals surface area contributed by atoms with E-state index in [1.165, 1.54) is 6.07 Å². The van der Waals surface area contributed by atoms with E-state index in [4.69, 9.17) is 11.6 Å². The molecule has 3 rings (SSSR count). The SMILES string of the molecule is O=C(Cc1c(F)cccc1Cl)N1C[C@H]2CNC[C@H]2C1. The predicted octanol–water partition coefficient (Wildman–Crippen LogP) is 1.70. The lowest BCUT2D eigenvalue weighted by Crippen LogP contribution is -2.33. The summed E-state index contributed by atoms with van der Waals surface area (Å²) in [4.78, 5) is 14.1. The number of benzene rings is 1. The number of hydrogen-bond acceptors (Lipinski definition) is 2. The first-order valence-corrected chi connectivity index (χ1v) is 6.94. The average Bonchev–Trinajstić information content (AvgIpc) is 2.94. The van der Waals surface area contributed by atoms with E-state index in [1.54, 1.807) is 12.1 Å². The zero-order valence-corrected chi connectivity index (χ0v) is 11.3. The van der Waals surface area contributed by atoms with Gasteiger partial charge in [-0.3, -0.25) is 4.79 Å². The monoisotopic (exact) mass is 282 g/mol. The molecule has 0 bridgehead atoms. The van der Waals surface area contributed by atoms with E-state index in [1.807, 2.05) is 4.90 Å². The number of rotatable bonds is 2. The van der Waals surface area contributed by atoms with Gasteiger partial charge in [0.15, 0.2) is 0 Å². The minimum absolute atomic E-state index is 0.0265. The van der Waals surface area contributed by atoms with Crippen molar-refractivity contribution >= 4 is 17.5 Å². The van der Waals surface area contributed by atoms with Crippen LogP contribution in [0.15, 0.2) is 18.2 Å². The third-order valence-corrected chi connectivity index (χ3v) is 4.49. The van der Waals surface area contributed by atoms with Crippen molar-refractivity contribution in [1.29, 1.82) is 0 Å². The molecule has 0 aromatic heterocycles. The summed E-state index contributed by atoms with van der Waals surface area (Å²) in [6.07, 6.45) is 0.0539. The summed E-state index contributed by atoms with van der Waals surface area (Å²) < 4.78 is 13.7. The molecule has 0 unspecified atom stereocenters. The van der Waals surface area contributed by atoms with Crippen LogP contribution >= 0.6 is 11.6 Å². The number of carbonyl (C=O) groups excluding carboxylic acids is 1. The first-order valence-electron chi connectivity index (χ1n) is 6.56. The largest absolute Gasteiger partial charge is 0.342 e. The molecule has 2 aliphatic rings. The van der Waals surface area contributed by atoms with E-state index in [0.29, 0.717) is 22.4 Å². The van der Waals surface area contributed by atoms with Crippen LogP contribution in [-0.2, 0) is 11.2 Å². The van der Waals surface area contributed by atoms with E-state index in [0.717, 1.165) is 26.2 Å². The van der Waals surface area contributed by atoms with Gasteiger partial charge in [0, 0.05) is 36.8 Å². The molecule has 1 amide bonds. The van der Waals surface area contributed by atoms with E-state index >= 15 is 0 Å². The van der Waals surface area contributed by atoms with Gasteiger partial charge in [0.1, 0.15) is 5.82 Å². The molecule has 2 heterocycles. The Balaban J connectivity index is 1.69. The molecule has 0 aliphatic carbocycles. The van der Waals surface area contributed by atoms with E-state index < -0.39 is 5.82 Å². The summed E-state index contributed by atoms with van der Waals surface area (Å²) in [6, 6.07) is 4.52. The van der Waals surface area contributed by atoms with Crippen molar-refractivity contribution in [3.8, 4) is 0 Å². The van der Waals surface area contributed by atoms with Crippen LogP contribution in [0.3, 0.4) is 0 Å². The van der Waals surface area contributed by atoms with Crippen molar-refractivity contribution in [3.05, 3.63) is 34.6 Å². The van der Waals surface area contributed by atoms with E-state index in [-0.39, 0.29) is 12.3 Å². The van der Waals surface area contributed by atoms with Crippen molar-refractivity contribution in [2.24, 2.45) is 11.8 Å². The third kappa shape index (κ3) is 2.47. The second-order valence-corrected chi connectivity index (χ2v) is 5.76. The smallest absolute Gasteiger partial charge is 0.227 e. The Bertz CT molecular complexity index is 476. The van der Waals surface area contributed by atoms with Crippen LogP contribution < -0.4 is 5.32 Å². The number of carbonyl (C=O) groups is 1. The zero-order chi connectivity index (χ0) is 13.4. The molecule has 1 aromatic rings. The fourth-order valence-corrected chi connectivity index (χ4v) is 3.25. The number of fused-ring (bicyclic) bond motifs is 1. The van der Waals surface area contributed by atoms with Gasteiger partial charge < -0.3 is 10.2 Å². The fraction of sp³-hybridized carbons (Fsp3) is 0.500. The van der Waals surface area contributed by atoms with Crippen molar-refractivity contribution in [2.75, 3.05) is 26.2 Å². The van der Waals surface area contributed by atoms with Gasteiger partial charge in [-0.15, -0.1) is 0 Å². The molecule has 0 radical (unpaired) electrons. The Hall–Kier alpha value is -1.13. The minimum Gasteiger partial charge on any atom is -0.342 e. The molecule has 0 spiro atoms. The van der Waals surface area contributed by atoms with Gasteiger partial charge in [0.25, 0.3) is 0 Å². The van der Waals surface area contributed by atoms with Gasteiger partial charge in [-0.2, -0.15) is 0 Å². The molecular formula is C14H16ClFN2O. The second kappa shape index (κ2) is 5.10. The molecule has 5 heteroatoms. The van der Waals surface area contributed by atoms with Gasteiger partial charge in [0.05, 0.1) is 6.42 Å². The maximum absolute atomic E-state index is 13.7. The molecule has 3 nitrogen and oxygen atoms in total. The van der Waals surface area contributed by atoms with Crippen LogP contribution in [0.2, 0.25) is 5.02 Å². The van der Waals surface area contributed by atoms with Gasteiger partial charge >= 0.3 is 0 Å². The van der Waals surface area contributed by atoms with Crippen LogP contribution in [-0.4, -0.2) is 37.0 Å². The molecule has 2 saturated heterocycles. The number of nitrogens with zero attached hydrogens (tertiary/aromatic N) is 1. The molecule has 2 aliphatic heterocycles. The minimum atomic E-state index is -0.401. The van der Waals surface area contributed by atoms with Crippen molar-refractivity contribution < 1.29 is 9.18 Å². The molecule has 1 aromatic carbocycles. The molecule has 2 atom stereocenters. The molecular weight excluding hydrogens is 267 g/mol. The maximum atomic E-state index is 13.7. The Morgan fingerprint density at radius 1 is 1.37 bits per heavy atom. The lowest BCUT2D eigenvalue weighted by atomic mass is 10.0. The van der Waals surface area contributed by atoms with Gasteiger partial charge in [-0.25, -0.2) is 4.39 Å². The predicted molar refractivity (Wildman–Crippen MR) is 71.5 cm³/mol. The van der Waals surface area contributed by atoms with E-state index in [2.05, 4.69) is 5.32 Å². The zero-order valence-electron chi connectivity index (χ0n) is 10.5. The number of likely N-dealkylation sites (tertiary alicyclic amines) is 1. The van der Waals surface area contributed by atoms with Crippen LogP contribution in [0.1, 0.15) is 5.56 Å². The first-order chi connectivity index (χ1) is 9.15. The Morgan fingerprint density at radius 2 is 2.05 bits per heavy atom. The summed E-state index contributed by atoms with van der Waals surface area (Å²) >= 11 is 5.96. The van der Waals surface area contributed by atoms with Gasteiger partial charge in [-0.05, 0) is 24.0 Å². The van der Waals surface area contributed by atoms with Crippen LogP contribution in [0.4, 0.5) is 4.39 Å². The lowest BCUT2D eigenvalue weighted by molar-refractivity contribution is -0.129. The molecule has 102 valence electrons. The summed E-state index contributed by atoms with van der Waals surface area (Å²) in [5, 5.41) is 3.66. The third-order valence-electron chi connectivity index (χ3n) is 4.13. The first kappa shape index (κ1) is 12.9. The number of nitrogens with one attached hydrogen (secondary N) is 1. The van der Waals surface area contributed by atoms with Gasteiger partial charge in [0.2, 0.25) is 5.91 Å². The number of hydrogen-bond donors (Lipinski definition) is 1. The van der Waals surface area contributed by atoms with Gasteiger partial charge in [-0.1, -0.05) is 17.7 Å². The highest BCUT2D eigenvalue weighted by Crippen LogP contribution is 2.27. The summed E-state index contributed by atoms with van der Waals surface area (Å²) in [5.41, 5.74) is 0.310. The van der Waals surface area contributed by atoms with Crippen molar-refractivity contribution in [1.82, 2.24) is 10.2 Å².